The maximum atomic E-state index is 12.6. The first-order valence-corrected chi connectivity index (χ1v) is 12.0. The molecule has 0 aromatic heterocycles. The summed E-state index contributed by atoms with van der Waals surface area (Å²) < 4.78 is 10.3. The molecule has 10 heteroatoms. The van der Waals surface area contributed by atoms with Crippen LogP contribution in [0.15, 0.2) is 0 Å². The van der Waals surface area contributed by atoms with Gasteiger partial charge in [-0.2, -0.15) is 0 Å². The Bertz CT molecular complexity index is 484. The predicted octanol–water partition coefficient (Wildman–Crippen LogP) is 3.98. The lowest BCUT2D eigenvalue weighted by Gasteiger charge is -2.49. The van der Waals surface area contributed by atoms with E-state index in [-0.39, 0.29) is 22.6 Å². The summed E-state index contributed by atoms with van der Waals surface area (Å²) >= 11 is 18.3. The van der Waals surface area contributed by atoms with Crippen molar-refractivity contribution >= 4 is 68.3 Å². The lowest BCUT2D eigenvalue weighted by molar-refractivity contribution is -0.149. The first-order chi connectivity index (χ1) is 11.4. The molecule has 146 valence electrons. The van der Waals surface area contributed by atoms with E-state index in [1.54, 1.807) is 18.7 Å². The molecule has 1 amide bonds. The molecule has 1 saturated heterocycles. The second kappa shape index (κ2) is 9.40. The van der Waals surface area contributed by atoms with Gasteiger partial charge in [-0.25, -0.2) is 4.79 Å². The molecule has 0 N–H and O–H groups in total. The zero-order valence-electron chi connectivity index (χ0n) is 15.2. The molecule has 3 unspecified atom stereocenters. The van der Waals surface area contributed by atoms with E-state index >= 15 is 0 Å². The highest BCUT2D eigenvalue weighted by Gasteiger charge is 2.51. The van der Waals surface area contributed by atoms with Crippen LogP contribution < -0.4 is 0 Å². The van der Waals surface area contributed by atoms with Crippen LogP contribution >= 0.6 is 46.6 Å². The van der Waals surface area contributed by atoms with Gasteiger partial charge in [-0.1, -0.05) is 62.5 Å². The van der Waals surface area contributed by atoms with Crippen LogP contribution in [0.2, 0.25) is 6.04 Å². The zero-order valence-corrected chi connectivity index (χ0v) is 19.7. The summed E-state index contributed by atoms with van der Waals surface area (Å²) in [6.45, 7) is 9.88. The van der Waals surface area contributed by atoms with Gasteiger partial charge >= 0.3 is 6.16 Å². The Labute approximate surface area is 171 Å². The molecule has 3 atom stereocenters. The number of carbonyl (C=O) groups excluding carboxylic acids is 2. The lowest BCUT2D eigenvalue weighted by atomic mass is 9.95. The number of hydrogen-bond donors (Lipinski definition) is 0. The van der Waals surface area contributed by atoms with E-state index in [1.165, 1.54) is 0 Å². The molecule has 25 heavy (non-hydrogen) atoms. The molecule has 0 bridgehead atoms. The molecule has 1 heterocycles. The first-order valence-electron chi connectivity index (χ1n) is 8.18. The quantitative estimate of drug-likeness (QED) is 0.254. The van der Waals surface area contributed by atoms with E-state index in [0.717, 1.165) is 11.8 Å². The fourth-order valence-corrected chi connectivity index (χ4v) is 6.23. The van der Waals surface area contributed by atoms with Crippen LogP contribution in [0.5, 0.6) is 0 Å². The fourth-order valence-electron chi connectivity index (χ4n) is 2.44. The minimum absolute atomic E-state index is 0.0579. The molecule has 0 aliphatic carbocycles. The minimum Gasteiger partial charge on any atom is -0.430 e. The van der Waals surface area contributed by atoms with Crippen molar-refractivity contribution in [1.29, 1.82) is 0 Å². The first kappa shape index (κ1) is 23.2. The highest BCUT2D eigenvalue weighted by atomic mass is 35.6. The lowest BCUT2D eigenvalue weighted by Crippen LogP contribution is -2.64. The van der Waals surface area contributed by atoms with Gasteiger partial charge in [0, 0.05) is 0 Å². The average Bonchev–Trinajstić information content (AvgIpc) is 2.43. The summed E-state index contributed by atoms with van der Waals surface area (Å²) in [4.78, 5) is 24.3. The molecular formula is C15H26Cl3NO4SSi. The van der Waals surface area contributed by atoms with Crippen LogP contribution in [0.25, 0.3) is 0 Å². The van der Waals surface area contributed by atoms with Crippen molar-refractivity contribution in [3.63, 3.8) is 0 Å². The van der Waals surface area contributed by atoms with Gasteiger partial charge < -0.3 is 14.0 Å². The molecule has 0 aromatic carbocycles. The molecule has 0 saturated carbocycles. The van der Waals surface area contributed by atoms with Gasteiger partial charge in [0.05, 0.1) is 5.37 Å². The smallest absolute Gasteiger partial charge is 0.430 e. The Morgan fingerprint density at radius 1 is 1.36 bits per heavy atom. The van der Waals surface area contributed by atoms with Crippen LogP contribution in [0.4, 0.5) is 4.79 Å². The van der Waals surface area contributed by atoms with Crippen molar-refractivity contribution in [1.82, 2.24) is 4.57 Å². The van der Waals surface area contributed by atoms with Crippen molar-refractivity contribution in [2.45, 2.75) is 55.9 Å². The Balaban J connectivity index is 2.60. The van der Waals surface area contributed by atoms with Crippen molar-refractivity contribution in [3.8, 4) is 0 Å². The van der Waals surface area contributed by atoms with E-state index in [0.29, 0.717) is 0 Å². The van der Waals surface area contributed by atoms with E-state index < -0.39 is 32.3 Å². The van der Waals surface area contributed by atoms with Crippen LogP contribution in [0.1, 0.15) is 34.6 Å². The topological polar surface area (TPSA) is 55.8 Å². The van der Waals surface area contributed by atoms with Crippen molar-refractivity contribution < 1.29 is 19.1 Å². The van der Waals surface area contributed by atoms with Gasteiger partial charge in [0.1, 0.15) is 28.3 Å². The van der Waals surface area contributed by atoms with Crippen molar-refractivity contribution in [3.05, 3.63) is 0 Å². The van der Waals surface area contributed by atoms with E-state index in [9.17, 15) is 9.59 Å². The summed E-state index contributed by atoms with van der Waals surface area (Å²) in [5, 5.41) is 0.0579. The maximum Gasteiger partial charge on any atom is 0.508 e. The maximum absolute atomic E-state index is 12.6. The summed E-state index contributed by atoms with van der Waals surface area (Å²) in [7, 11) is -0.677. The van der Waals surface area contributed by atoms with Crippen LogP contribution in [0.3, 0.4) is 0 Å². The third-order valence-corrected chi connectivity index (χ3v) is 8.49. The van der Waals surface area contributed by atoms with E-state index in [1.807, 2.05) is 4.57 Å². The third kappa shape index (κ3) is 7.75. The molecule has 1 fully saturated rings. The highest BCUT2D eigenvalue weighted by molar-refractivity contribution is 8.00. The van der Waals surface area contributed by atoms with Gasteiger partial charge in [-0.15, -0.1) is 11.8 Å². The van der Waals surface area contributed by atoms with Crippen LogP contribution in [-0.2, 0) is 14.3 Å². The Morgan fingerprint density at radius 2 is 1.96 bits per heavy atom. The Hall–Kier alpha value is 0.177. The van der Waals surface area contributed by atoms with Gasteiger partial charge in [-0.05, 0) is 24.1 Å². The van der Waals surface area contributed by atoms with Gasteiger partial charge in [0.2, 0.25) is 9.70 Å². The van der Waals surface area contributed by atoms with Gasteiger partial charge in [0.15, 0.2) is 0 Å². The van der Waals surface area contributed by atoms with E-state index in [4.69, 9.17) is 44.3 Å². The number of rotatable bonds is 7. The number of thioether (sulfide) groups is 1. The second-order valence-corrected chi connectivity index (χ2v) is 12.7. The third-order valence-electron chi connectivity index (χ3n) is 3.76. The predicted molar refractivity (Wildman–Crippen MR) is 107 cm³/mol. The molecule has 0 spiro atoms. The van der Waals surface area contributed by atoms with E-state index in [2.05, 4.69) is 27.7 Å². The molecule has 0 aromatic rings. The molecule has 1 aliphatic heterocycles. The summed E-state index contributed by atoms with van der Waals surface area (Å²) in [6.07, 6.45) is -1.52. The Kier molecular flexibility index (Phi) is 8.73. The zero-order chi connectivity index (χ0) is 19.4. The molecule has 0 radical (unpaired) electrons. The standard InChI is InChI=1S/C15H26Cl3NO4SSi/c1-6-24-12-10(11(20)19(12)25-8-14(3,4)5)9(2)23-13(21)22-7-15(16,17)18/h9-10,12H,6-8,25H2,1-5H3. The van der Waals surface area contributed by atoms with Crippen molar-refractivity contribution in [2.24, 2.45) is 11.3 Å². The number of amides is 1. The molecule has 5 nitrogen and oxygen atoms in total. The van der Waals surface area contributed by atoms with Crippen molar-refractivity contribution in [2.75, 3.05) is 12.4 Å². The SMILES string of the molecule is CCSC1C(C(C)OC(=O)OCC(Cl)(Cl)Cl)C(=O)N1[SiH2]CC(C)(C)C. The number of hydrogen-bond acceptors (Lipinski definition) is 5. The molecular weight excluding hydrogens is 425 g/mol. The largest absolute Gasteiger partial charge is 0.508 e. The van der Waals surface area contributed by atoms with Gasteiger partial charge in [-0.3, -0.25) is 4.79 Å². The molecule has 1 rings (SSSR count). The summed E-state index contributed by atoms with van der Waals surface area (Å²) in [5.41, 5.74) is 0.210. The van der Waals surface area contributed by atoms with Crippen LogP contribution in [0, 0.1) is 11.3 Å². The Morgan fingerprint density at radius 3 is 2.44 bits per heavy atom. The minimum atomic E-state index is -1.69. The average molecular weight is 451 g/mol. The number of ether oxygens (including phenoxy) is 2. The second-order valence-electron chi connectivity index (χ2n) is 7.19. The molecule has 1 aliphatic rings. The number of nitrogens with zero attached hydrogens (tertiary/aromatic N) is 1. The highest BCUT2D eigenvalue weighted by Crippen LogP contribution is 2.39. The normalized spacial score (nSPS) is 22.9. The summed E-state index contributed by atoms with van der Waals surface area (Å²) in [5.74, 6) is 0.598. The fraction of sp³-hybridized carbons (Fsp3) is 0.867. The summed E-state index contributed by atoms with van der Waals surface area (Å²) in [6, 6.07) is 1.05. The van der Waals surface area contributed by atoms with Gasteiger partial charge in [0.25, 0.3) is 0 Å². The number of alkyl halides is 3. The number of β-lactam (4-membered cyclic amide) rings is 1. The monoisotopic (exact) mass is 449 g/mol. The van der Waals surface area contributed by atoms with Crippen LogP contribution in [-0.4, -0.2) is 53.9 Å². The number of carbonyl (C=O) groups is 2. The number of halogens is 3.